The van der Waals surface area contributed by atoms with E-state index in [-0.39, 0.29) is 0 Å². The van der Waals surface area contributed by atoms with Gasteiger partial charge in [-0.25, -0.2) is 0 Å². The van der Waals surface area contributed by atoms with Crippen molar-refractivity contribution < 1.29 is 0 Å². The maximum absolute atomic E-state index is 6.14. The molecular weight excluding hydrogens is 229 g/mol. The Bertz CT molecular complexity index is 325. The van der Waals surface area contributed by atoms with Crippen LogP contribution in [0.4, 0.5) is 0 Å². The molecule has 0 saturated carbocycles. The molecule has 1 aromatic carbocycles. The average Bonchev–Trinajstić information content (AvgIpc) is 2.21. The van der Waals surface area contributed by atoms with Crippen LogP contribution in [0.3, 0.4) is 0 Å². The van der Waals surface area contributed by atoms with E-state index in [0.717, 1.165) is 22.0 Å². The number of hydrogen-bond donors (Lipinski definition) is 1. The Morgan fingerprint density at radius 2 is 1.93 bits per heavy atom. The maximum Gasteiger partial charge on any atom is 0.0441 e. The van der Waals surface area contributed by atoms with Gasteiger partial charge < -0.3 is 5.32 Å². The maximum atomic E-state index is 6.14. The first-order valence-corrected chi connectivity index (χ1v) is 5.92. The zero-order valence-electron chi connectivity index (χ0n) is 9.35. The predicted octanol–water partition coefficient (Wildman–Crippen LogP) is 4.09. The first kappa shape index (κ1) is 12.8. The lowest BCUT2D eigenvalue weighted by Gasteiger charge is -2.18. The number of hydrogen-bond acceptors (Lipinski definition) is 1. The Morgan fingerprint density at radius 3 is 2.53 bits per heavy atom. The fourth-order valence-electron chi connectivity index (χ4n) is 1.67. The summed E-state index contributed by atoms with van der Waals surface area (Å²) in [6.07, 6.45) is 1.05. The summed E-state index contributed by atoms with van der Waals surface area (Å²) >= 11 is 12.1. The Balaban J connectivity index is 2.80. The lowest BCUT2D eigenvalue weighted by molar-refractivity contribution is 0.516. The Hall–Kier alpha value is -0.240. The fraction of sp³-hybridized carbons (Fsp3) is 0.500. The molecule has 1 rings (SSSR count). The second kappa shape index (κ2) is 5.74. The summed E-state index contributed by atoms with van der Waals surface area (Å²) in [7, 11) is 1.97. The summed E-state index contributed by atoms with van der Waals surface area (Å²) in [6.45, 7) is 4.33. The minimum atomic E-state index is 0.415. The second-order valence-electron chi connectivity index (χ2n) is 3.99. The van der Waals surface area contributed by atoms with Gasteiger partial charge in [0.25, 0.3) is 0 Å². The molecule has 0 radical (unpaired) electrons. The number of halogens is 2. The molecule has 0 fully saturated rings. The van der Waals surface area contributed by atoms with E-state index in [1.54, 1.807) is 0 Å². The molecule has 0 amide bonds. The van der Waals surface area contributed by atoms with E-state index in [9.17, 15) is 0 Å². The summed E-state index contributed by atoms with van der Waals surface area (Å²) < 4.78 is 0. The summed E-state index contributed by atoms with van der Waals surface area (Å²) in [6, 6.07) is 6.12. The molecular formula is C12H17Cl2N. The molecule has 0 aliphatic carbocycles. The van der Waals surface area contributed by atoms with Gasteiger partial charge in [-0.1, -0.05) is 30.1 Å². The summed E-state index contributed by atoms with van der Waals surface area (Å²) in [5.41, 5.74) is 1.13. The zero-order valence-corrected chi connectivity index (χ0v) is 10.9. The van der Waals surface area contributed by atoms with Crippen molar-refractivity contribution in [3.05, 3.63) is 33.8 Å². The third kappa shape index (κ3) is 3.67. The molecule has 0 spiro atoms. The van der Waals surface area contributed by atoms with Crippen molar-refractivity contribution in [3.8, 4) is 0 Å². The Morgan fingerprint density at radius 1 is 1.27 bits per heavy atom. The van der Waals surface area contributed by atoms with E-state index in [1.165, 1.54) is 0 Å². The highest BCUT2D eigenvalue weighted by molar-refractivity contribution is 6.33. The Kier molecular flexibility index (Phi) is 4.91. The lowest BCUT2D eigenvalue weighted by Crippen LogP contribution is -2.23. The first-order chi connectivity index (χ1) is 7.04. The van der Waals surface area contributed by atoms with Crippen LogP contribution in [0.15, 0.2) is 18.2 Å². The molecule has 0 saturated heterocycles. The highest BCUT2D eigenvalue weighted by Gasteiger charge is 2.12. The smallest absolute Gasteiger partial charge is 0.0441 e. The number of rotatable bonds is 4. The molecule has 2 atom stereocenters. The normalized spacial score (nSPS) is 15.0. The summed E-state index contributed by atoms with van der Waals surface area (Å²) in [4.78, 5) is 0. The second-order valence-corrected chi connectivity index (χ2v) is 4.84. The molecule has 0 heterocycles. The molecule has 1 aromatic rings. The molecule has 0 aliphatic heterocycles. The quantitative estimate of drug-likeness (QED) is 0.843. The van der Waals surface area contributed by atoms with Gasteiger partial charge in [0.05, 0.1) is 0 Å². The standard InChI is InChI=1S/C12H17Cl2N/c1-8(6-9(2)15-3)11-7-10(13)4-5-12(11)14/h4-5,7-9,15H,6H2,1-3H3. The van der Waals surface area contributed by atoms with Crippen LogP contribution < -0.4 is 5.32 Å². The minimum Gasteiger partial charge on any atom is -0.317 e. The van der Waals surface area contributed by atoms with Crippen LogP contribution in [0.5, 0.6) is 0 Å². The van der Waals surface area contributed by atoms with Crippen LogP contribution in [0, 0.1) is 0 Å². The van der Waals surface area contributed by atoms with Crippen molar-refractivity contribution in [2.75, 3.05) is 7.05 Å². The number of benzene rings is 1. The van der Waals surface area contributed by atoms with Crippen molar-refractivity contribution in [1.82, 2.24) is 5.32 Å². The number of nitrogens with one attached hydrogen (secondary N) is 1. The van der Waals surface area contributed by atoms with Gasteiger partial charge in [0, 0.05) is 16.1 Å². The monoisotopic (exact) mass is 245 g/mol. The van der Waals surface area contributed by atoms with Gasteiger partial charge in [0.15, 0.2) is 0 Å². The predicted molar refractivity (Wildman–Crippen MR) is 68.0 cm³/mol. The van der Waals surface area contributed by atoms with Crippen LogP contribution in [0.2, 0.25) is 10.0 Å². The molecule has 3 heteroatoms. The van der Waals surface area contributed by atoms with E-state index in [2.05, 4.69) is 19.2 Å². The Labute approximate surface area is 102 Å². The largest absolute Gasteiger partial charge is 0.317 e. The molecule has 0 bridgehead atoms. The van der Waals surface area contributed by atoms with Gasteiger partial charge in [-0.05, 0) is 50.1 Å². The van der Waals surface area contributed by atoms with Crippen molar-refractivity contribution in [2.45, 2.75) is 32.2 Å². The van der Waals surface area contributed by atoms with E-state index in [1.807, 2.05) is 25.2 Å². The van der Waals surface area contributed by atoms with Crippen LogP contribution in [0.1, 0.15) is 31.7 Å². The molecule has 1 N–H and O–H groups in total. The summed E-state index contributed by atoms with van der Waals surface area (Å²) in [5.74, 6) is 0.415. The SMILES string of the molecule is CNC(C)CC(C)c1cc(Cl)ccc1Cl. The molecule has 1 nitrogen and oxygen atoms in total. The summed E-state index contributed by atoms with van der Waals surface area (Å²) in [5, 5.41) is 4.77. The molecule has 84 valence electrons. The molecule has 0 aliphatic rings. The van der Waals surface area contributed by atoms with Crippen LogP contribution in [-0.4, -0.2) is 13.1 Å². The molecule has 0 aromatic heterocycles. The van der Waals surface area contributed by atoms with E-state index >= 15 is 0 Å². The zero-order chi connectivity index (χ0) is 11.4. The molecule has 2 unspecified atom stereocenters. The van der Waals surface area contributed by atoms with Gasteiger partial charge in [-0.3, -0.25) is 0 Å². The van der Waals surface area contributed by atoms with E-state index in [0.29, 0.717) is 12.0 Å². The topological polar surface area (TPSA) is 12.0 Å². The van der Waals surface area contributed by atoms with Crippen molar-refractivity contribution in [2.24, 2.45) is 0 Å². The van der Waals surface area contributed by atoms with Gasteiger partial charge in [0.1, 0.15) is 0 Å². The first-order valence-electron chi connectivity index (χ1n) is 5.16. The van der Waals surface area contributed by atoms with E-state index < -0.39 is 0 Å². The third-order valence-corrected chi connectivity index (χ3v) is 3.27. The van der Waals surface area contributed by atoms with Gasteiger partial charge in [0.2, 0.25) is 0 Å². The lowest BCUT2D eigenvalue weighted by atomic mass is 9.94. The van der Waals surface area contributed by atoms with Crippen molar-refractivity contribution in [3.63, 3.8) is 0 Å². The van der Waals surface area contributed by atoms with Crippen LogP contribution in [-0.2, 0) is 0 Å². The van der Waals surface area contributed by atoms with Gasteiger partial charge in [-0.2, -0.15) is 0 Å². The average molecular weight is 246 g/mol. The van der Waals surface area contributed by atoms with Crippen LogP contribution >= 0.6 is 23.2 Å². The van der Waals surface area contributed by atoms with Crippen molar-refractivity contribution >= 4 is 23.2 Å². The van der Waals surface area contributed by atoms with Crippen LogP contribution in [0.25, 0.3) is 0 Å². The minimum absolute atomic E-state index is 0.415. The van der Waals surface area contributed by atoms with Crippen molar-refractivity contribution in [1.29, 1.82) is 0 Å². The molecule has 15 heavy (non-hydrogen) atoms. The highest BCUT2D eigenvalue weighted by atomic mass is 35.5. The fourth-order valence-corrected chi connectivity index (χ4v) is 2.15. The third-order valence-electron chi connectivity index (χ3n) is 2.69. The van der Waals surface area contributed by atoms with Gasteiger partial charge >= 0.3 is 0 Å². The van der Waals surface area contributed by atoms with E-state index in [4.69, 9.17) is 23.2 Å². The van der Waals surface area contributed by atoms with Gasteiger partial charge in [-0.15, -0.1) is 0 Å². The highest BCUT2D eigenvalue weighted by Crippen LogP contribution is 2.30.